The third-order valence-corrected chi connectivity index (χ3v) is 3.52. The van der Waals surface area contributed by atoms with E-state index in [0.29, 0.717) is 6.61 Å². The minimum atomic E-state index is 0.117. The Labute approximate surface area is 116 Å². The van der Waals surface area contributed by atoms with Crippen LogP contribution in [0.4, 0.5) is 0 Å². The Morgan fingerprint density at radius 2 is 2.05 bits per heavy atom. The van der Waals surface area contributed by atoms with Crippen molar-refractivity contribution in [2.75, 3.05) is 19.7 Å². The van der Waals surface area contributed by atoms with E-state index in [9.17, 15) is 0 Å². The fraction of sp³-hybridized carbons (Fsp3) is 0.529. The van der Waals surface area contributed by atoms with Gasteiger partial charge in [0.1, 0.15) is 12.4 Å². The molecule has 2 heteroatoms. The molecule has 19 heavy (non-hydrogen) atoms. The van der Waals surface area contributed by atoms with Gasteiger partial charge in [0.15, 0.2) is 0 Å². The molecule has 0 saturated carbocycles. The van der Waals surface area contributed by atoms with Crippen molar-refractivity contribution in [3.05, 3.63) is 41.0 Å². The monoisotopic (exact) mass is 259 g/mol. The second-order valence-electron chi connectivity index (χ2n) is 6.35. The number of hydrogen-bond donors (Lipinski definition) is 1. The first-order chi connectivity index (χ1) is 8.97. The van der Waals surface area contributed by atoms with Gasteiger partial charge < -0.3 is 10.1 Å². The van der Waals surface area contributed by atoms with Crippen molar-refractivity contribution in [1.82, 2.24) is 5.32 Å². The molecule has 2 nitrogen and oxygen atoms in total. The minimum Gasteiger partial charge on any atom is -0.489 e. The van der Waals surface area contributed by atoms with Crippen molar-refractivity contribution in [3.8, 4) is 5.75 Å². The molecule has 0 bridgehead atoms. The summed E-state index contributed by atoms with van der Waals surface area (Å²) < 4.78 is 6.09. The normalized spacial score (nSPS) is 16.1. The van der Waals surface area contributed by atoms with Gasteiger partial charge >= 0.3 is 0 Å². The van der Waals surface area contributed by atoms with Crippen LogP contribution < -0.4 is 10.1 Å². The first-order valence-electron chi connectivity index (χ1n) is 7.09. The van der Waals surface area contributed by atoms with Crippen LogP contribution in [0.15, 0.2) is 29.8 Å². The van der Waals surface area contributed by atoms with Crippen molar-refractivity contribution in [2.24, 2.45) is 0 Å². The van der Waals surface area contributed by atoms with Crippen LogP contribution >= 0.6 is 0 Å². The van der Waals surface area contributed by atoms with E-state index in [1.54, 1.807) is 0 Å². The second kappa shape index (κ2) is 5.79. The van der Waals surface area contributed by atoms with Crippen LogP contribution in [-0.4, -0.2) is 19.7 Å². The van der Waals surface area contributed by atoms with E-state index in [-0.39, 0.29) is 5.41 Å². The molecule has 0 unspecified atom stereocenters. The van der Waals surface area contributed by atoms with E-state index in [2.05, 4.69) is 57.3 Å². The van der Waals surface area contributed by atoms with Gasteiger partial charge in [-0.25, -0.2) is 0 Å². The fourth-order valence-electron chi connectivity index (χ4n) is 2.34. The van der Waals surface area contributed by atoms with Crippen LogP contribution in [0.3, 0.4) is 0 Å². The number of rotatable bonds is 3. The van der Waals surface area contributed by atoms with Gasteiger partial charge in [-0.1, -0.05) is 39.0 Å². The highest BCUT2D eigenvalue weighted by Crippen LogP contribution is 2.32. The van der Waals surface area contributed by atoms with Gasteiger partial charge in [0.2, 0.25) is 0 Å². The van der Waals surface area contributed by atoms with Crippen molar-refractivity contribution in [3.63, 3.8) is 0 Å². The quantitative estimate of drug-likeness (QED) is 0.838. The van der Waals surface area contributed by atoms with Crippen molar-refractivity contribution >= 4 is 0 Å². The molecule has 1 aromatic carbocycles. The molecule has 1 aromatic rings. The molecular formula is C17H25NO. The van der Waals surface area contributed by atoms with Crippen LogP contribution in [0.5, 0.6) is 5.75 Å². The molecule has 0 radical (unpaired) electrons. The van der Waals surface area contributed by atoms with Crippen molar-refractivity contribution in [2.45, 2.75) is 39.5 Å². The lowest BCUT2D eigenvalue weighted by Crippen LogP contribution is -2.23. The highest BCUT2D eigenvalue weighted by atomic mass is 16.5. The van der Waals surface area contributed by atoms with E-state index >= 15 is 0 Å². The Bertz CT molecular complexity index is 469. The predicted molar refractivity (Wildman–Crippen MR) is 80.9 cm³/mol. The lowest BCUT2D eigenvalue weighted by molar-refractivity contribution is 0.334. The maximum Gasteiger partial charge on any atom is 0.123 e. The summed E-state index contributed by atoms with van der Waals surface area (Å²) in [6.07, 6.45) is 3.34. The Balaban J connectivity index is 2.14. The van der Waals surface area contributed by atoms with Gasteiger partial charge in [-0.2, -0.15) is 0 Å². The summed E-state index contributed by atoms with van der Waals surface area (Å²) in [4.78, 5) is 0. The maximum absolute atomic E-state index is 6.09. The van der Waals surface area contributed by atoms with Crippen LogP contribution in [0.1, 0.15) is 38.3 Å². The summed E-state index contributed by atoms with van der Waals surface area (Å²) in [6.45, 7) is 11.6. The molecule has 0 atom stereocenters. The Morgan fingerprint density at radius 3 is 2.68 bits per heavy atom. The van der Waals surface area contributed by atoms with Gasteiger partial charge in [0.25, 0.3) is 0 Å². The van der Waals surface area contributed by atoms with Gasteiger partial charge in [-0.15, -0.1) is 0 Å². The molecule has 1 heterocycles. The van der Waals surface area contributed by atoms with Crippen molar-refractivity contribution < 1.29 is 4.74 Å². The third-order valence-electron chi connectivity index (χ3n) is 3.52. The minimum absolute atomic E-state index is 0.117. The van der Waals surface area contributed by atoms with Crippen LogP contribution in [0.25, 0.3) is 0 Å². The molecule has 0 amide bonds. The Hall–Kier alpha value is -1.28. The number of nitrogens with one attached hydrogen (secondary N) is 1. The lowest BCUT2D eigenvalue weighted by atomic mass is 9.86. The molecule has 0 saturated heterocycles. The van der Waals surface area contributed by atoms with E-state index in [4.69, 9.17) is 4.74 Å². The highest BCUT2D eigenvalue weighted by molar-refractivity contribution is 5.41. The van der Waals surface area contributed by atoms with Crippen LogP contribution in [-0.2, 0) is 5.41 Å². The highest BCUT2D eigenvalue weighted by Gasteiger charge is 2.19. The number of aryl methyl sites for hydroxylation is 1. The Morgan fingerprint density at radius 1 is 1.26 bits per heavy atom. The average Bonchev–Trinajstić information content (AvgIpc) is 2.36. The summed E-state index contributed by atoms with van der Waals surface area (Å²) in [7, 11) is 0. The molecule has 1 N–H and O–H groups in total. The first kappa shape index (κ1) is 14.1. The van der Waals surface area contributed by atoms with Gasteiger partial charge in [-0.3, -0.25) is 0 Å². The summed E-state index contributed by atoms with van der Waals surface area (Å²) >= 11 is 0. The van der Waals surface area contributed by atoms with E-state index < -0.39 is 0 Å². The van der Waals surface area contributed by atoms with Crippen molar-refractivity contribution in [1.29, 1.82) is 0 Å². The molecule has 1 aliphatic rings. The van der Waals surface area contributed by atoms with E-state index in [1.807, 2.05) is 0 Å². The molecule has 0 aliphatic carbocycles. The van der Waals surface area contributed by atoms with E-state index in [1.165, 1.54) is 16.7 Å². The zero-order valence-corrected chi connectivity index (χ0v) is 12.5. The molecule has 0 fully saturated rings. The smallest absolute Gasteiger partial charge is 0.123 e. The Kier molecular flexibility index (Phi) is 4.31. The third kappa shape index (κ3) is 3.84. The van der Waals surface area contributed by atoms with Gasteiger partial charge in [0, 0.05) is 6.54 Å². The second-order valence-corrected chi connectivity index (χ2v) is 6.35. The summed E-state index contributed by atoms with van der Waals surface area (Å²) in [5.41, 5.74) is 4.06. The fourth-order valence-corrected chi connectivity index (χ4v) is 2.34. The molecule has 0 aromatic heterocycles. The molecule has 1 aliphatic heterocycles. The molecular weight excluding hydrogens is 234 g/mol. The van der Waals surface area contributed by atoms with Gasteiger partial charge in [-0.05, 0) is 48.1 Å². The summed E-state index contributed by atoms with van der Waals surface area (Å²) in [6, 6.07) is 6.51. The summed E-state index contributed by atoms with van der Waals surface area (Å²) in [5.74, 6) is 1.03. The molecule has 0 spiro atoms. The topological polar surface area (TPSA) is 21.3 Å². The number of benzene rings is 1. The zero-order chi connectivity index (χ0) is 13.9. The van der Waals surface area contributed by atoms with Gasteiger partial charge in [0.05, 0.1) is 0 Å². The predicted octanol–water partition coefficient (Wildman–Crippen LogP) is 3.59. The van der Waals surface area contributed by atoms with E-state index in [0.717, 1.165) is 25.3 Å². The standard InChI is InChI=1S/C17H25NO/c1-13-5-6-15(17(2,3)4)16(11-13)19-12-14-7-9-18-10-8-14/h5-7,11,18H,8-10,12H2,1-4H3. The largest absolute Gasteiger partial charge is 0.489 e. The SMILES string of the molecule is Cc1ccc(C(C)(C)C)c(OCC2=CCNCC2)c1. The van der Waals surface area contributed by atoms with Crippen LogP contribution in [0.2, 0.25) is 0 Å². The average molecular weight is 259 g/mol. The number of ether oxygens (including phenoxy) is 1. The van der Waals surface area contributed by atoms with Crippen LogP contribution in [0, 0.1) is 6.92 Å². The molecule has 104 valence electrons. The lowest BCUT2D eigenvalue weighted by Gasteiger charge is -2.24. The zero-order valence-electron chi connectivity index (χ0n) is 12.5. The first-order valence-corrected chi connectivity index (χ1v) is 7.09. The maximum atomic E-state index is 6.09. The summed E-state index contributed by atoms with van der Waals surface area (Å²) in [5, 5.41) is 3.33. The molecule has 2 rings (SSSR count). The number of hydrogen-bond acceptors (Lipinski definition) is 2.